The van der Waals surface area contributed by atoms with Crippen LogP contribution in [0, 0.1) is 34.2 Å². The minimum Gasteiger partial charge on any atom is -0.360 e. The number of anilines is 1. The predicted octanol–water partition coefficient (Wildman–Crippen LogP) is 5.14. The average molecular weight is 380 g/mol. The molecule has 27 heavy (non-hydrogen) atoms. The second kappa shape index (κ2) is 7.76. The van der Waals surface area contributed by atoms with E-state index < -0.39 is 4.92 Å². The highest BCUT2D eigenvalue weighted by Crippen LogP contribution is 2.27. The molecule has 0 spiro atoms. The minimum absolute atomic E-state index is 0.00137. The fraction of sp³-hybridized carbons (Fsp3) is 0.0526. The van der Waals surface area contributed by atoms with Gasteiger partial charge in [-0.2, -0.15) is 5.26 Å². The molecule has 0 saturated carbocycles. The van der Waals surface area contributed by atoms with Crippen molar-refractivity contribution in [2.24, 2.45) is 0 Å². The molecule has 1 aromatic heterocycles. The number of benzene rings is 2. The Morgan fingerprint density at radius 3 is 2.74 bits per heavy atom. The van der Waals surface area contributed by atoms with Crippen LogP contribution in [0.3, 0.4) is 0 Å². The van der Waals surface area contributed by atoms with Crippen molar-refractivity contribution in [1.82, 2.24) is 4.98 Å². The van der Waals surface area contributed by atoms with Crippen molar-refractivity contribution in [2.45, 2.75) is 6.92 Å². The summed E-state index contributed by atoms with van der Waals surface area (Å²) in [7, 11) is 0. The van der Waals surface area contributed by atoms with Gasteiger partial charge >= 0.3 is 0 Å². The molecule has 2 aromatic carbocycles. The average Bonchev–Trinajstić information content (AvgIpc) is 3.15. The van der Waals surface area contributed by atoms with Gasteiger partial charge in [-0.05, 0) is 36.8 Å². The van der Waals surface area contributed by atoms with Crippen molar-refractivity contribution in [2.75, 3.05) is 5.32 Å². The van der Waals surface area contributed by atoms with Gasteiger partial charge in [-0.3, -0.25) is 10.1 Å². The fourth-order valence-electron chi connectivity index (χ4n) is 2.33. The van der Waals surface area contributed by atoms with E-state index >= 15 is 0 Å². The van der Waals surface area contributed by atoms with Crippen LogP contribution in [0.4, 0.5) is 15.8 Å². The number of non-ortho nitro benzene ring substituents is 1. The summed E-state index contributed by atoms with van der Waals surface area (Å²) in [5.41, 5.74) is 3.05. The maximum absolute atomic E-state index is 13.4. The summed E-state index contributed by atoms with van der Waals surface area (Å²) in [5, 5.41) is 25.4. The van der Waals surface area contributed by atoms with E-state index in [1.165, 1.54) is 41.8 Å². The van der Waals surface area contributed by atoms with Gasteiger partial charge in [-0.1, -0.05) is 6.07 Å². The Balaban J connectivity index is 1.84. The molecule has 0 atom stereocenters. The number of nitriles is 1. The molecule has 0 unspecified atom stereocenters. The molecular formula is C19H13FN4O2S. The van der Waals surface area contributed by atoms with Gasteiger partial charge in [-0.25, -0.2) is 9.37 Å². The van der Waals surface area contributed by atoms with Crippen LogP contribution in [0.5, 0.6) is 0 Å². The van der Waals surface area contributed by atoms with Crippen LogP contribution in [0.25, 0.3) is 16.8 Å². The molecule has 1 N–H and O–H groups in total. The molecule has 1 heterocycles. The maximum Gasteiger partial charge on any atom is 0.269 e. The van der Waals surface area contributed by atoms with E-state index in [0.717, 1.165) is 5.56 Å². The molecule has 0 radical (unpaired) electrons. The maximum atomic E-state index is 13.4. The van der Waals surface area contributed by atoms with Crippen LogP contribution < -0.4 is 5.32 Å². The van der Waals surface area contributed by atoms with Gasteiger partial charge < -0.3 is 5.32 Å². The zero-order valence-corrected chi connectivity index (χ0v) is 15.0. The van der Waals surface area contributed by atoms with Crippen molar-refractivity contribution in [3.63, 3.8) is 0 Å². The van der Waals surface area contributed by atoms with Crippen molar-refractivity contribution in [3.8, 4) is 17.3 Å². The van der Waals surface area contributed by atoms with Crippen LogP contribution in [0.2, 0.25) is 0 Å². The van der Waals surface area contributed by atoms with Gasteiger partial charge in [0.15, 0.2) is 0 Å². The van der Waals surface area contributed by atoms with Crippen molar-refractivity contribution >= 4 is 28.3 Å². The Hall–Kier alpha value is -3.57. The Bertz CT molecular complexity index is 1070. The predicted molar refractivity (Wildman–Crippen MR) is 103 cm³/mol. The lowest BCUT2D eigenvalue weighted by Crippen LogP contribution is -1.94. The molecule has 134 valence electrons. The largest absolute Gasteiger partial charge is 0.360 e. The number of aryl methyl sites for hydroxylation is 1. The summed E-state index contributed by atoms with van der Waals surface area (Å²) in [6, 6.07) is 12.5. The number of hydrogen-bond acceptors (Lipinski definition) is 6. The third-order valence-electron chi connectivity index (χ3n) is 3.80. The minimum atomic E-state index is -0.465. The zero-order chi connectivity index (χ0) is 19.4. The number of nitro groups is 1. The second-order valence-electron chi connectivity index (χ2n) is 5.62. The lowest BCUT2D eigenvalue weighted by molar-refractivity contribution is -0.384. The number of halogens is 1. The van der Waals surface area contributed by atoms with E-state index in [2.05, 4.69) is 16.4 Å². The van der Waals surface area contributed by atoms with Crippen LogP contribution >= 0.6 is 11.3 Å². The summed E-state index contributed by atoms with van der Waals surface area (Å²) < 4.78 is 13.4. The number of thiazole rings is 1. The fourth-order valence-corrected chi connectivity index (χ4v) is 3.12. The molecule has 0 aliphatic heterocycles. The van der Waals surface area contributed by atoms with Crippen molar-refractivity contribution < 1.29 is 9.31 Å². The first-order valence-electron chi connectivity index (χ1n) is 7.81. The number of hydrogen-bond donors (Lipinski definition) is 1. The van der Waals surface area contributed by atoms with E-state index in [0.29, 0.717) is 27.5 Å². The number of nitrogens with one attached hydrogen (secondary N) is 1. The quantitative estimate of drug-likeness (QED) is 0.376. The van der Waals surface area contributed by atoms with Crippen molar-refractivity contribution in [1.29, 1.82) is 5.26 Å². The lowest BCUT2D eigenvalue weighted by Gasteiger charge is -2.05. The van der Waals surface area contributed by atoms with Crippen LogP contribution in [0.1, 0.15) is 10.6 Å². The first-order valence-corrected chi connectivity index (χ1v) is 8.69. The number of allylic oxidation sites excluding steroid dienone is 1. The Labute approximate surface area is 158 Å². The molecule has 0 aliphatic carbocycles. The Morgan fingerprint density at radius 1 is 1.33 bits per heavy atom. The third kappa shape index (κ3) is 4.16. The van der Waals surface area contributed by atoms with E-state index in [1.54, 1.807) is 23.6 Å². The molecule has 3 rings (SSSR count). The zero-order valence-electron chi connectivity index (χ0n) is 14.1. The van der Waals surface area contributed by atoms with Crippen LogP contribution in [-0.2, 0) is 0 Å². The Kier molecular flexibility index (Phi) is 5.24. The van der Waals surface area contributed by atoms with Gasteiger partial charge in [0.25, 0.3) is 5.69 Å². The first kappa shape index (κ1) is 18.2. The summed E-state index contributed by atoms with van der Waals surface area (Å²) in [6.45, 7) is 1.83. The third-order valence-corrected chi connectivity index (χ3v) is 4.68. The topological polar surface area (TPSA) is 91.8 Å². The number of nitrogens with zero attached hydrogens (tertiary/aromatic N) is 3. The van der Waals surface area contributed by atoms with Gasteiger partial charge in [-0.15, -0.1) is 11.3 Å². The standard InChI is InChI=1S/C19H13FN4O2S/c1-12-2-5-15(20)8-17(12)22-10-14(9-21)19-23-18(11-27-19)13-3-6-16(7-4-13)24(25)26/h2-8,10-11,22H,1H3/b14-10+. The molecular weight excluding hydrogens is 367 g/mol. The molecule has 8 heteroatoms. The first-order chi connectivity index (χ1) is 13.0. The summed E-state index contributed by atoms with van der Waals surface area (Å²) in [4.78, 5) is 14.7. The van der Waals surface area contributed by atoms with Crippen LogP contribution in [-0.4, -0.2) is 9.91 Å². The molecule has 0 bridgehead atoms. The lowest BCUT2D eigenvalue weighted by atomic mass is 10.1. The van der Waals surface area contributed by atoms with E-state index in [9.17, 15) is 19.8 Å². The highest BCUT2D eigenvalue weighted by atomic mass is 32.1. The number of rotatable bonds is 5. The Morgan fingerprint density at radius 2 is 2.07 bits per heavy atom. The summed E-state index contributed by atoms with van der Waals surface area (Å²) in [5.74, 6) is -0.371. The summed E-state index contributed by atoms with van der Waals surface area (Å²) in [6.07, 6.45) is 1.49. The monoisotopic (exact) mass is 380 g/mol. The second-order valence-corrected chi connectivity index (χ2v) is 6.47. The van der Waals surface area contributed by atoms with Gasteiger partial charge in [0, 0.05) is 35.0 Å². The molecule has 3 aromatic rings. The van der Waals surface area contributed by atoms with E-state index in [4.69, 9.17) is 0 Å². The number of aromatic nitrogens is 1. The van der Waals surface area contributed by atoms with Gasteiger partial charge in [0.2, 0.25) is 0 Å². The highest BCUT2D eigenvalue weighted by molar-refractivity contribution is 7.11. The smallest absolute Gasteiger partial charge is 0.269 e. The molecule has 0 saturated heterocycles. The molecule has 6 nitrogen and oxygen atoms in total. The SMILES string of the molecule is Cc1ccc(F)cc1N/C=C(\C#N)c1nc(-c2ccc([N+](=O)[O-])cc2)cs1. The van der Waals surface area contributed by atoms with Crippen molar-refractivity contribution in [3.05, 3.63) is 80.5 Å². The van der Waals surface area contributed by atoms with E-state index in [-0.39, 0.29) is 11.5 Å². The highest BCUT2D eigenvalue weighted by Gasteiger charge is 2.11. The molecule has 0 aliphatic rings. The summed E-state index contributed by atoms with van der Waals surface area (Å²) >= 11 is 1.28. The van der Waals surface area contributed by atoms with Gasteiger partial charge in [0.05, 0.1) is 10.6 Å². The normalized spacial score (nSPS) is 11.1. The number of nitro benzene ring substituents is 1. The van der Waals surface area contributed by atoms with Gasteiger partial charge in [0.1, 0.15) is 22.5 Å². The molecule has 0 amide bonds. The van der Waals surface area contributed by atoms with Crippen LogP contribution in [0.15, 0.2) is 54.0 Å². The van der Waals surface area contributed by atoms with E-state index in [1.807, 2.05) is 6.92 Å². The molecule has 0 fully saturated rings.